The molecule has 13 heavy (non-hydrogen) atoms. The molecule has 1 aliphatic carbocycles. The van der Waals surface area contributed by atoms with Crippen molar-refractivity contribution in [3.05, 3.63) is 0 Å². The van der Waals surface area contributed by atoms with Crippen molar-refractivity contribution < 1.29 is 9.84 Å². The number of terminal acetylenes is 1. The van der Waals surface area contributed by atoms with Crippen LogP contribution in [0.2, 0.25) is 0 Å². The Hall–Kier alpha value is -0.520. The molecule has 2 fully saturated rings. The van der Waals surface area contributed by atoms with Gasteiger partial charge < -0.3 is 9.84 Å². The largest absolute Gasteiger partial charge is 0.393 e. The van der Waals surface area contributed by atoms with E-state index in [0.29, 0.717) is 6.42 Å². The molecule has 1 saturated carbocycles. The van der Waals surface area contributed by atoms with Crippen LogP contribution in [0.5, 0.6) is 0 Å². The van der Waals surface area contributed by atoms with E-state index >= 15 is 0 Å². The van der Waals surface area contributed by atoms with Crippen LogP contribution in [0, 0.1) is 17.8 Å². The average Bonchev–Trinajstić information content (AvgIpc) is 2.55. The second kappa shape index (κ2) is 2.10. The lowest BCUT2D eigenvalue weighted by Crippen LogP contribution is -2.46. The number of hydrogen-bond acceptors (Lipinski definition) is 2. The highest BCUT2D eigenvalue weighted by Crippen LogP contribution is 2.64. The topological polar surface area (TPSA) is 32.8 Å². The highest BCUT2D eigenvalue weighted by molar-refractivity contribution is 5.35. The summed E-state index contributed by atoms with van der Waals surface area (Å²) in [7, 11) is 0. The number of rotatable bonds is 0. The van der Waals surface area contributed by atoms with E-state index in [9.17, 15) is 5.11 Å². The fraction of sp³-hybridized carbons (Fsp3) is 0.818. The minimum atomic E-state index is -0.431. The quantitative estimate of drug-likeness (QED) is 0.450. The summed E-state index contributed by atoms with van der Waals surface area (Å²) in [5.41, 5.74) is -0.837. The molecule has 0 aromatic heterocycles. The Bertz CT molecular complexity index is 289. The molecule has 2 rings (SSSR count). The zero-order valence-corrected chi connectivity index (χ0v) is 8.42. The molecule has 1 aliphatic heterocycles. The smallest absolute Gasteiger partial charge is 0.162 e. The van der Waals surface area contributed by atoms with Gasteiger partial charge in [-0.2, -0.15) is 0 Å². The van der Waals surface area contributed by atoms with Gasteiger partial charge in [-0.15, -0.1) is 6.42 Å². The van der Waals surface area contributed by atoms with Crippen LogP contribution < -0.4 is 0 Å². The van der Waals surface area contributed by atoms with Gasteiger partial charge in [0.2, 0.25) is 0 Å². The molecule has 1 N–H and O–H groups in total. The van der Waals surface area contributed by atoms with Crippen LogP contribution in [0.25, 0.3) is 0 Å². The van der Waals surface area contributed by atoms with Crippen molar-refractivity contribution in [2.24, 2.45) is 5.41 Å². The van der Waals surface area contributed by atoms with E-state index in [1.165, 1.54) is 0 Å². The monoisotopic (exact) mass is 180 g/mol. The molecule has 0 aromatic carbocycles. The van der Waals surface area contributed by atoms with Gasteiger partial charge in [-0.05, 0) is 13.3 Å². The molecule has 0 spiro atoms. The van der Waals surface area contributed by atoms with Gasteiger partial charge in [0.1, 0.15) is 5.60 Å². The third kappa shape index (κ3) is 0.868. The van der Waals surface area contributed by atoms with Crippen molar-refractivity contribution in [3.8, 4) is 12.3 Å². The Morgan fingerprint density at radius 1 is 1.38 bits per heavy atom. The number of aliphatic hydroxyl groups is 1. The Morgan fingerprint density at radius 3 is 2.46 bits per heavy atom. The molecule has 1 saturated heterocycles. The van der Waals surface area contributed by atoms with E-state index in [-0.39, 0.29) is 17.1 Å². The van der Waals surface area contributed by atoms with Gasteiger partial charge >= 0.3 is 0 Å². The van der Waals surface area contributed by atoms with E-state index in [1.807, 2.05) is 6.92 Å². The minimum absolute atomic E-state index is 0.117. The van der Waals surface area contributed by atoms with Gasteiger partial charge in [0.15, 0.2) is 5.60 Å². The summed E-state index contributed by atoms with van der Waals surface area (Å²) < 4.78 is 5.69. The number of hydrogen-bond donors (Lipinski definition) is 1. The fourth-order valence-electron chi connectivity index (χ4n) is 2.98. The van der Waals surface area contributed by atoms with Gasteiger partial charge in [0, 0.05) is 11.8 Å². The summed E-state index contributed by atoms with van der Waals surface area (Å²) in [6.45, 7) is 6.14. The van der Waals surface area contributed by atoms with Crippen LogP contribution in [0.15, 0.2) is 0 Å². The fourth-order valence-corrected chi connectivity index (χ4v) is 2.98. The molecule has 72 valence electrons. The first kappa shape index (κ1) is 9.05. The van der Waals surface area contributed by atoms with Crippen molar-refractivity contribution in [1.29, 1.82) is 0 Å². The predicted octanol–water partition coefficient (Wildman–Crippen LogP) is 1.33. The molecule has 0 aromatic rings. The van der Waals surface area contributed by atoms with Crippen molar-refractivity contribution in [2.75, 3.05) is 0 Å². The van der Waals surface area contributed by atoms with E-state index in [0.717, 1.165) is 6.42 Å². The first-order valence-corrected chi connectivity index (χ1v) is 4.73. The van der Waals surface area contributed by atoms with Crippen LogP contribution in [-0.4, -0.2) is 22.4 Å². The van der Waals surface area contributed by atoms with Crippen molar-refractivity contribution >= 4 is 0 Å². The highest BCUT2D eigenvalue weighted by Gasteiger charge is 2.75. The summed E-state index contributed by atoms with van der Waals surface area (Å²) >= 11 is 0. The van der Waals surface area contributed by atoms with Crippen LogP contribution >= 0.6 is 0 Å². The second-order valence-electron chi connectivity index (χ2n) is 5.10. The normalized spacial score (nSPS) is 52.1. The summed E-state index contributed by atoms with van der Waals surface area (Å²) in [6.07, 6.45) is 6.65. The first-order valence-electron chi connectivity index (χ1n) is 4.73. The van der Waals surface area contributed by atoms with Gasteiger partial charge in [-0.25, -0.2) is 0 Å². The first-order chi connectivity index (χ1) is 5.87. The third-order valence-electron chi connectivity index (χ3n) is 3.61. The molecule has 2 nitrogen and oxygen atoms in total. The lowest BCUT2D eigenvalue weighted by Gasteiger charge is -2.37. The van der Waals surface area contributed by atoms with E-state index in [4.69, 9.17) is 11.2 Å². The molecule has 0 bridgehead atoms. The van der Waals surface area contributed by atoms with Crippen LogP contribution in [0.1, 0.15) is 33.6 Å². The predicted molar refractivity (Wildman–Crippen MR) is 50.1 cm³/mol. The molecule has 2 heteroatoms. The molecular weight excluding hydrogens is 164 g/mol. The van der Waals surface area contributed by atoms with Crippen molar-refractivity contribution in [2.45, 2.75) is 50.9 Å². The van der Waals surface area contributed by atoms with Crippen molar-refractivity contribution in [1.82, 2.24) is 0 Å². The van der Waals surface area contributed by atoms with Crippen LogP contribution in [0.3, 0.4) is 0 Å². The Labute approximate surface area is 79.3 Å². The molecule has 0 amide bonds. The van der Waals surface area contributed by atoms with Gasteiger partial charge in [0.25, 0.3) is 0 Å². The SMILES string of the molecule is C#CC12OC1(C)CC(O)CC2(C)C. The molecular formula is C11H16O2. The zero-order valence-electron chi connectivity index (χ0n) is 8.42. The number of epoxide rings is 1. The number of fused-ring (bicyclic) bond motifs is 1. The minimum Gasteiger partial charge on any atom is -0.393 e. The maximum atomic E-state index is 9.67. The number of ether oxygens (including phenoxy) is 1. The number of aliphatic hydroxyl groups excluding tert-OH is 1. The third-order valence-corrected chi connectivity index (χ3v) is 3.61. The van der Waals surface area contributed by atoms with Gasteiger partial charge in [-0.1, -0.05) is 19.8 Å². The average molecular weight is 180 g/mol. The Balaban J connectivity index is 2.38. The molecule has 3 unspecified atom stereocenters. The highest BCUT2D eigenvalue weighted by atomic mass is 16.6. The van der Waals surface area contributed by atoms with Gasteiger partial charge in [-0.3, -0.25) is 0 Å². The Kier molecular flexibility index (Phi) is 1.46. The lowest BCUT2D eigenvalue weighted by molar-refractivity contribution is 0.0543. The van der Waals surface area contributed by atoms with E-state index < -0.39 is 5.60 Å². The second-order valence-corrected chi connectivity index (χ2v) is 5.10. The maximum absolute atomic E-state index is 9.67. The molecule has 0 radical (unpaired) electrons. The molecule has 2 aliphatic rings. The van der Waals surface area contributed by atoms with Crippen LogP contribution in [-0.2, 0) is 4.74 Å². The van der Waals surface area contributed by atoms with E-state index in [2.05, 4.69) is 19.8 Å². The van der Waals surface area contributed by atoms with Crippen molar-refractivity contribution in [3.63, 3.8) is 0 Å². The van der Waals surface area contributed by atoms with Gasteiger partial charge in [0.05, 0.1) is 6.10 Å². The summed E-state index contributed by atoms with van der Waals surface area (Å²) in [4.78, 5) is 0. The standard InChI is InChI=1S/C11H16O2/c1-5-11-9(2,3)6-8(12)7-10(11,4)13-11/h1,8,12H,6-7H2,2-4H3. The Morgan fingerprint density at radius 2 is 2.00 bits per heavy atom. The molecule has 1 heterocycles. The summed E-state index contributed by atoms with van der Waals surface area (Å²) in [6, 6.07) is 0. The maximum Gasteiger partial charge on any atom is 0.162 e. The zero-order chi connectivity index (χ0) is 9.91. The summed E-state index contributed by atoms with van der Waals surface area (Å²) in [5.74, 6) is 2.77. The summed E-state index contributed by atoms with van der Waals surface area (Å²) in [5, 5.41) is 9.67. The van der Waals surface area contributed by atoms with E-state index in [1.54, 1.807) is 0 Å². The molecule has 3 atom stereocenters. The lowest BCUT2D eigenvalue weighted by atomic mass is 9.63. The van der Waals surface area contributed by atoms with Crippen LogP contribution in [0.4, 0.5) is 0 Å².